The summed E-state index contributed by atoms with van der Waals surface area (Å²) in [7, 11) is 0. The number of phenolic OH excluding ortho intramolecular Hbond substituents is 1. The van der Waals surface area contributed by atoms with E-state index in [1.807, 2.05) is 23.1 Å². The molecule has 31 heavy (non-hydrogen) atoms. The standard InChI is InChI=1S/C25H27N3O3/c1-18-16-19-6-2-3-7-21(19)28(18)17-24-20(10-15-31-24)25(30)27-13-11-26(12-14-27)22-8-4-5-9-23(22)29/h2-10,15,18,29H,11-14,16-17H2,1H3. The van der Waals surface area contributed by atoms with Crippen molar-refractivity contribution in [2.45, 2.75) is 25.9 Å². The maximum Gasteiger partial charge on any atom is 0.257 e. The lowest BCUT2D eigenvalue weighted by atomic mass is 10.1. The monoisotopic (exact) mass is 417 g/mol. The fraction of sp³-hybridized carbons (Fsp3) is 0.320. The summed E-state index contributed by atoms with van der Waals surface area (Å²) in [5.41, 5.74) is 4.03. The Morgan fingerprint density at radius 2 is 1.71 bits per heavy atom. The molecule has 6 heteroatoms. The first-order chi connectivity index (χ1) is 15.1. The fourth-order valence-electron chi connectivity index (χ4n) is 4.73. The van der Waals surface area contributed by atoms with Crippen LogP contribution in [-0.2, 0) is 13.0 Å². The molecule has 1 unspecified atom stereocenters. The van der Waals surface area contributed by atoms with E-state index in [1.165, 1.54) is 11.3 Å². The molecule has 0 aliphatic carbocycles. The van der Waals surface area contributed by atoms with Gasteiger partial charge in [0.1, 0.15) is 11.5 Å². The summed E-state index contributed by atoms with van der Waals surface area (Å²) in [6.45, 7) is 5.40. The van der Waals surface area contributed by atoms with Crippen LogP contribution >= 0.6 is 0 Å². The summed E-state index contributed by atoms with van der Waals surface area (Å²) in [4.78, 5) is 19.6. The number of nitrogens with zero attached hydrogens (tertiary/aromatic N) is 3. The average Bonchev–Trinajstić information content (AvgIpc) is 3.38. The van der Waals surface area contributed by atoms with Gasteiger partial charge in [0.15, 0.2) is 0 Å². The van der Waals surface area contributed by atoms with Crippen LogP contribution in [0.5, 0.6) is 5.75 Å². The zero-order valence-corrected chi connectivity index (χ0v) is 17.7. The van der Waals surface area contributed by atoms with E-state index in [2.05, 4.69) is 41.0 Å². The lowest BCUT2D eigenvalue weighted by Crippen LogP contribution is -2.49. The van der Waals surface area contributed by atoms with Crippen molar-refractivity contribution < 1.29 is 14.3 Å². The molecule has 1 aromatic heterocycles. The third-order valence-corrected chi connectivity index (χ3v) is 6.43. The van der Waals surface area contributed by atoms with E-state index in [4.69, 9.17) is 4.42 Å². The Morgan fingerprint density at radius 1 is 1.00 bits per heavy atom. The minimum atomic E-state index is 0.0146. The minimum Gasteiger partial charge on any atom is -0.506 e. The summed E-state index contributed by atoms with van der Waals surface area (Å²) in [5.74, 6) is 1.01. The maximum absolute atomic E-state index is 13.3. The largest absolute Gasteiger partial charge is 0.506 e. The molecule has 1 saturated heterocycles. The summed E-state index contributed by atoms with van der Waals surface area (Å²) in [6, 6.07) is 17.9. The number of furan rings is 1. The van der Waals surface area contributed by atoms with Gasteiger partial charge in [-0.3, -0.25) is 4.79 Å². The number of benzene rings is 2. The van der Waals surface area contributed by atoms with Crippen LogP contribution in [0, 0.1) is 0 Å². The number of rotatable bonds is 4. The van der Waals surface area contributed by atoms with Crippen molar-refractivity contribution in [2.24, 2.45) is 0 Å². The predicted octanol–water partition coefficient (Wildman–Crippen LogP) is 3.90. The Balaban J connectivity index is 1.28. The molecule has 1 amide bonds. The van der Waals surface area contributed by atoms with Gasteiger partial charge in [-0.25, -0.2) is 0 Å². The van der Waals surface area contributed by atoms with Gasteiger partial charge in [0.2, 0.25) is 0 Å². The molecular weight excluding hydrogens is 390 g/mol. The van der Waals surface area contributed by atoms with Crippen molar-refractivity contribution in [1.82, 2.24) is 4.90 Å². The van der Waals surface area contributed by atoms with Gasteiger partial charge in [-0.2, -0.15) is 0 Å². The second-order valence-corrected chi connectivity index (χ2v) is 8.34. The highest BCUT2D eigenvalue weighted by molar-refractivity contribution is 5.95. The van der Waals surface area contributed by atoms with Crippen LogP contribution in [0.4, 0.5) is 11.4 Å². The summed E-state index contributed by atoms with van der Waals surface area (Å²) in [6.07, 6.45) is 2.63. The minimum absolute atomic E-state index is 0.0146. The smallest absolute Gasteiger partial charge is 0.257 e. The molecule has 1 atom stereocenters. The number of amides is 1. The van der Waals surface area contributed by atoms with E-state index in [0.717, 1.165) is 17.9 Å². The van der Waals surface area contributed by atoms with Gasteiger partial charge in [-0.05, 0) is 43.2 Å². The second-order valence-electron chi connectivity index (χ2n) is 8.34. The molecule has 3 heterocycles. The zero-order valence-electron chi connectivity index (χ0n) is 17.7. The number of hydrogen-bond acceptors (Lipinski definition) is 5. The highest BCUT2D eigenvalue weighted by Crippen LogP contribution is 2.34. The molecule has 5 rings (SSSR count). The van der Waals surface area contributed by atoms with Crippen molar-refractivity contribution in [3.8, 4) is 5.75 Å². The lowest BCUT2D eigenvalue weighted by molar-refractivity contribution is 0.0744. The van der Waals surface area contributed by atoms with Gasteiger partial charge in [-0.1, -0.05) is 30.3 Å². The number of carbonyl (C=O) groups is 1. The van der Waals surface area contributed by atoms with Crippen LogP contribution in [-0.4, -0.2) is 48.1 Å². The lowest BCUT2D eigenvalue weighted by Gasteiger charge is -2.36. The van der Waals surface area contributed by atoms with Gasteiger partial charge < -0.3 is 24.2 Å². The quantitative estimate of drug-likeness (QED) is 0.698. The predicted molar refractivity (Wildman–Crippen MR) is 121 cm³/mol. The van der Waals surface area contributed by atoms with Crippen LogP contribution < -0.4 is 9.80 Å². The first-order valence-corrected chi connectivity index (χ1v) is 10.8. The summed E-state index contributed by atoms with van der Waals surface area (Å²) < 4.78 is 5.78. The van der Waals surface area contributed by atoms with Crippen LogP contribution in [0.3, 0.4) is 0 Å². The van der Waals surface area contributed by atoms with Gasteiger partial charge in [0, 0.05) is 37.9 Å². The number of aromatic hydroxyl groups is 1. The van der Waals surface area contributed by atoms with Gasteiger partial charge in [0.25, 0.3) is 5.91 Å². The Bertz CT molecular complexity index is 1080. The number of para-hydroxylation sites is 3. The van der Waals surface area contributed by atoms with Crippen LogP contribution in [0.25, 0.3) is 0 Å². The van der Waals surface area contributed by atoms with E-state index in [9.17, 15) is 9.90 Å². The van der Waals surface area contributed by atoms with Crippen molar-refractivity contribution in [1.29, 1.82) is 0 Å². The molecule has 2 aliphatic heterocycles. The third kappa shape index (κ3) is 3.63. The molecular formula is C25H27N3O3. The highest BCUT2D eigenvalue weighted by atomic mass is 16.3. The van der Waals surface area contributed by atoms with Crippen molar-refractivity contribution in [3.05, 3.63) is 77.7 Å². The van der Waals surface area contributed by atoms with Crippen LogP contribution in [0.15, 0.2) is 65.3 Å². The number of hydrogen-bond donors (Lipinski definition) is 1. The van der Waals surface area contributed by atoms with E-state index in [0.29, 0.717) is 44.3 Å². The molecule has 2 aliphatic rings. The molecule has 0 radical (unpaired) electrons. The maximum atomic E-state index is 13.3. The third-order valence-electron chi connectivity index (χ3n) is 6.43. The van der Waals surface area contributed by atoms with Crippen molar-refractivity contribution in [3.63, 3.8) is 0 Å². The van der Waals surface area contributed by atoms with Crippen molar-refractivity contribution in [2.75, 3.05) is 36.0 Å². The van der Waals surface area contributed by atoms with Crippen LogP contribution in [0.1, 0.15) is 28.6 Å². The van der Waals surface area contributed by atoms with Crippen LogP contribution in [0.2, 0.25) is 0 Å². The SMILES string of the molecule is CC1Cc2ccccc2N1Cc1occc1C(=O)N1CCN(c2ccccc2O)CC1. The molecule has 0 bridgehead atoms. The van der Waals surface area contributed by atoms with E-state index < -0.39 is 0 Å². The molecule has 6 nitrogen and oxygen atoms in total. The number of anilines is 2. The molecule has 0 saturated carbocycles. The van der Waals surface area contributed by atoms with Gasteiger partial charge in [0.05, 0.1) is 24.1 Å². The molecule has 1 N–H and O–H groups in total. The highest BCUT2D eigenvalue weighted by Gasteiger charge is 2.30. The molecule has 160 valence electrons. The normalized spacial score (nSPS) is 18.4. The Labute approximate surface area is 182 Å². The number of phenols is 1. The topological polar surface area (TPSA) is 60.2 Å². The first-order valence-electron chi connectivity index (χ1n) is 10.8. The Kier molecular flexibility index (Phi) is 5.06. The van der Waals surface area contributed by atoms with E-state index >= 15 is 0 Å². The fourth-order valence-corrected chi connectivity index (χ4v) is 4.73. The first kappa shape index (κ1) is 19.5. The number of carbonyl (C=O) groups excluding carboxylic acids is 1. The van der Waals surface area contributed by atoms with Gasteiger partial charge in [-0.15, -0.1) is 0 Å². The van der Waals surface area contributed by atoms with Crippen molar-refractivity contribution >= 4 is 17.3 Å². The molecule has 1 fully saturated rings. The van der Waals surface area contributed by atoms with E-state index in [1.54, 1.807) is 18.4 Å². The van der Waals surface area contributed by atoms with Gasteiger partial charge >= 0.3 is 0 Å². The summed E-state index contributed by atoms with van der Waals surface area (Å²) >= 11 is 0. The van der Waals surface area contributed by atoms with E-state index in [-0.39, 0.29) is 11.7 Å². The molecule has 3 aromatic rings. The zero-order chi connectivity index (χ0) is 21.4. The Hall–Kier alpha value is -3.41. The number of fused-ring (bicyclic) bond motifs is 1. The number of piperazine rings is 1. The second kappa shape index (κ2) is 8.02. The average molecular weight is 418 g/mol. The molecule has 2 aromatic carbocycles. The molecule has 0 spiro atoms. The summed E-state index contributed by atoms with van der Waals surface area (Å²) in [5, 5.41) is 10.1. The Morgan fingerprint density at radius 3 is 2.48 bits per heavy atom.